The van der Waals surface area contributed by atoms with Crippen LogP contribution in [0, 0.1) is 6.92 Å². The van der Waals surface area contributed by atoms with Crippen LogP contribution in [0.1, 0.15) is 11.3 Å². The summed E-state index contributed by atoms with van der Waals surface area (Å²) in [6, 6.07) is 19.8. The highest BCUT2D eigenvalue weighted by Crippen LogP contribution is 2.22. The minimum Gasteiger partial charge on any atom is -0.489 e. The van der Waals surface area contributed by atoms with Crippen LogP contribution >= 0.6 is 0 Å². The first-order valence-corrected chi connectivity index (χ1v) is 9.68. The van der Waals surface area contributed by atoms with Gasteiger partial charge in [0.05, 0.1) is 0 Å². The second kappa shape index (κ2) is 8.68. The number of nitrogens with zero attached hydrogens (tertiary/aromatic N) is 3. The molecule has 1 aliphatic heterocycles. The largest absolute Gasteiger partial charge is 0.489 e. The Labute approximate surface area is 169 Å². The zero-order valence-corrected chi connectivity index (χ0v) is 16.4. The van der Waals surface area contributed by atoms with Crippen LogP contribution in [-0.2, 0) is 6.61 Å². The average Bonchev–Trinajstić information content (AvgIpc) is 3.18. The highest BCUT2D eigenvalue weighted by Gasteiger charge is 2.22. The Morgan fingerprint density at radius 2 is 1.79 bits per heavy atom. The monoisotopic (exact) mass is 392 g/mol. The maximum Gasteiger partial charge on any atom is 0.323 e. The zero-order chi connectivity index (χ0) is 20.1. The first-order chi connectivity index (χ1) is 14.2. The molecular weight excluding hydrogens is 368 g/mol. The number of ether oxygens (including phenoxy) is 1. The molecule has 1 aliphatic rings. The Kier molecular flexibility index (Phi) is 5.65. The molecule has 0 saturated carbocycles. The topological polar surface area (TPSA) is 70.8 Å². The molecule has 2 amide bonds. The number of hydrogen-bond donors (Lipinski definition) is 1. The van der Waals surface area contributed by atoms with Gasteiger partial charge >= 0.3 is 6.03 Å². The van der Waals surface area contributed by atoms with E-state index in [4.69, 9.17) is 9.26 Å². The van der Waals surface area contributed by atoms with Crippen LogP contribution in [0.25, 0.3) is 0 Å². The number of nitrogens with one attached hydrogen (secondary N) is 1. The molecule has 3 aromatic rings. The summed E-state index contributed by atoms with van der Waals surface area (Å²) in [4.78, 5) is 16.4. The number of piperazine rings is 1. The van der Waals surface area contributed by atoms with Crippen LogP contribution in [-0.4, -0.2) is 42.3 Å². The van der Waals surface area contributed by atoms with E-state index in [0.717, 1.165) is 30.1 Å². The number of hydrogen-bond acceptors (Lipinski definition) is 5. The summed E-state index contributed by atoms with van der Waals surface area (Å²) in [5.74, 6) is 1.96. The Morgan fingerprint density at radius 1 is 1.07 bits per heavy atom. The molecule has 1 N–H and O–H groups in total. The van der Waals surface area contributed by atoms with Crippen molar-refractivity contribution in [3.05, 3.63) is 72.0 Å². The highest BCUT2D eigenvalue weighted by molar-refractivity contribution is 5.88. The van der Waals surface area contributed by atoms with Crippen molar-refractivity contribution in [1.82, 2.24) is 10.1 Å². The molecule has 0 spiro atoms. The predicted molar refractivity (Wildman–Crippen MR) is 111 cm³/mol. The van der Waals surface area contributed by atoms with Crippen LogP contribution in [0.5, 0.6) is 5.75 Å². The SMILES string of the molecule is Cc1cc(NC(=O)N2CCN(c3ccc(OCc4ccccc4)cc3)CC2)no1. The fraction of sp³-hybridized carbons (Fsp3) is 0.273. The van der Waals surface area contributed by atoms with E-state index in [9.17, 15) is 4.79 Å². The maximum atomic E-state index is 12.4. The number of amides is 2. The zero-order valence-electron chi connectivity index (χ0n) is 16.4. The lowest BCUT2D eigenvalue weighted by atomic mass is 10.2. The molecular formula is C22H24N4O3. The molecule has 29 heavy (non-hydrogen) atoms. The van der Waals surface area contributed by atoms with Gasteiger partial charge in [-0.2, -0.15) is 0 Å². The molecule has 0 aliphatic carbocycles. The van der Waals surface area contributed by atoms with Crippen molar-refractivity contribution in [1.29, 1.82) is 0 Å². The lowest BCUT2D eigenvalue weighted by molar-refractivity contribution is 0.208. The Morgan fingerprint density at radius 3 is 2.45 bits per heavy atom. The molecule has 1 fully saturated rings. The lowest BCUT2D eigenvalue weighted by Crippen LogP contribution is -2.50. The van der Waals surface area contributed by atoms with E-state index in [1.165, 1.54) is 0 Å². The van der Waals surface area contributed by atoms with Gasteiger partial charge in [-0.3, -0.25) is 5.32 Å². The summed E-state index contributed by atoms with van der Waals surface area (Å²) in [5.41, 5.74) is 2.27. The van der Waals surface area contributed by atoms with Crippen molar-refractivity contribution >= 4 is 17.5 Å². The number of urea groups is 1. The third-order valence-electron chi connectivity index (χ3n) is 4.88. The fourth-order valence-corrected chi connectivity index (χ4v) is 3.28. The Bertz CT molecular complexity index is 932. The third kappa shape index (κ3) is 4.87. The van der Waals surface area contributed by atoms with E-state index in [2.05, 4.69) is 27.5 Å². The van der Waals surface area contributed by atoms with Crippen molar-refractivity contribution in [2.75, 3.05) is 36.4 Å². The van der Waals surface area contributed by atoms with Gasteiger partial charge in [0.2, 0.25) is 0 Å². The summed E-state index contributed by atoms with van der Waals surface area (Å²) >= 11 is 0. The number of aromatic nitrogens is 1. The first kappa shape index (κ1) is 18.9. The standard InChI is InChI=1S/C22H24N4O3/c1-17-15-21(24-29-17)23-22(27)26-13-11-25(12-14-26)19-7-9-20(10-8-19)28-16-18-5-3-2-4-6-18/h2-10,15H,11-14,16H2,1H3,(H,23,24,27). The number of carbonyl (C=O) groups excluding carboxylic acids is 1. The molecule has 7 heteroatoms. The number of benzene rings is 2. The fourth-order valence-electron chi connectivity index (χ4n) is 3.28. The molecule has 2 heterocycles. The van der Waals surface area contributed by atoms with Crippen LogP contribution in [0.2, 0.25) is 0 Å². The van der Waals surface area contributed by atoms with Gasteiger partial charge in [0.15, 0.2) is 5.82 Å². The number of carbonyl (C=O) groups is 1. The Balaban J connectivity index is 1.26. The molecule has 0 radical (unpaired) electrons. The van der Waals surface area contributed by atoms with Crippen LogP contribution in [0.3, 0.4) is 0 Å². The van der Waals surface area contributed by atoms with E-state index in [0.29, 0.717) is 31.3 Å². The highest BCUT2D eigenvalue weighted by atomic mass is 16.5. The van der Waals surface area contributed by atoms with E-state index in [-0.39, 0.29) is 6.03 Å². The van der Waals surface area contributed by atoms with E-state index in [1.54, 1.807) is 17.9 Å². The van der Waals surface area contributed by atoms with Crippen LogP contribution in [0.4, 0.5) is 16.3 Å². The number of rotatable bonds is 5. The average molecular weight is 392 g/mol. The van der Waals surface area contributed by atoms with E-state index < -0.39 is 0 Å². The summed E-state index contributed by atoms with van der Waals surface area (Å²) < 4.78 is 10.8. The molecule has 1 aromatic heterocycles. The van der Waals surface area contributed by atoms with Gasteiger partial charge in [0, 0.05) is 37.9 Å². The molecule has 0 bridgehead atoms. The third-order valence-corrected chi connectivity index (χ3v) is 4.88. The minimum atomic E-state index is -0.150. The Hall–Kier alpha value is -3.48. The number of anilines is 2. The summed E-state index contributed by atoms with van der Waals surface area (Å²) in [5, 5.41) is 6.57. The smallest absolute Gasteiger partial charge is 0.323 e. The summed E-state index contributed by atoms with van der Waals surface area (Å²) in [6.45, 7) is 5.19. The second-order valence-corrected chi connectivity index (χ2v) is 7.00. The quantitative estimate of drug-likeness (QED) is 0.713. The van der Waals surface area contributed by atoms with E-state index in [1.807, 2.05) is 42.5 Å². The van der Waals surface area contributed by atoms with Gasteiger partial charge in [-0.15, -0.1) is 0 Å². The summed E-state index contributed by atoms with van der Waals surface area (Å²) in [6.07, 6.45) is 0. The van der Waals surface area contributed by atoms with Gasteiger partial charge in [-0.1, -0.05) is 35.5 Å². The molecule has 2 aromatic carbocycles. The maximum absolute atomic E-state index is 12.4. The molecule has 0 unspecified atom stereocenters. The van der Waals surface area contributed by atoms with Crippen molar-refractivity contribution in [3.8, 4) is 5.75 Å². The second-order valence-electron chi connectivity index (χ2n) is 7.00. The molecule has 150 valence electrons. The van der Waals surface area contributed by atoms with Gasteiger partial charge in [0.1, 0.15) is 18.1 Å². The normalized spacial score (nSPS) is 14.0. The van der Waals surface area contributed by atoms with Gasteiger partial charge in [-0.05, 0) is 36.8 Å². The molecule has 7 nitrogen and oxygen atoms in total. The lowest BCUT2D eigenvalue weighted by Gasteiger charge is -2.35. The molecule has 0 atom stereocenters. The van der Waals surface area contributed by atoms with Crippen molar-refractivity contribution < 1.29 is 14.1 Å². The van der Waals surface area contributed by atoms with Crippen LogP contribution in [0.15, 0.2) is 65.2 Å². The molecule has 4 rings (SSSR count). The predicted octanol–water partition coefficient (Wildman–Crippen LogP) is 3.92. The van der Waals surface area contributed by atoms with Crippen molar-refractivity contribution in [2.45, 2.75) is 13.5 Å². The summed E-state index contributed by atoms with van der Waals surface area (Å²) in [7, 11) is 0. The first-order valence-electron chi connectivity index (χ1n) is 9.68. The molecule has 1 saturated heterocycles. The minimum absolute atomic E-state index is 0.150. The van der Waals surface area contributed by atoms with Gasteiger partial charge in [0.25, 0.3) is 0 Å². The van der Waals surface area contributed by atoms with Crippen LogP contribution < -0.4 is 15.0 Å². The van der Waals surface area contributed by atoms with Gasteiger partial charge in [-0.25, -0.2) is 4.79 Å². The van der Waals surface area contributed by atoms with Crippen molar-refractivity contribution in [3.63, 3.8) is 0 Å². The van der Waals surface area contributed by atoms with E-state index >= 15 is 0 Å². The van der Waals surface area contributed by atoms with Crippen molar-refractivity contribution in [2.24, 2.45) is 0 Å². The van der Waals surface area contributed by atoms with Gasteiger partial charge < -0.3 is 19.1 Å². The number of aryl methyl sites for hydroxylation is 1.